The number of aliphatic hydroxyl groups excluding tert-OH is 1. The first-order valence-electron chi connectivity index (χ1n) is 8.86. The third-order valence-electron chi connectivity index (χ3n) is 4.85. The zero-order chi connectivity index (χ0) is 19.0. The van der Waals surface area contributed by atoms with E-state index in [2.05, 4.69) is 25.2 Å². The van der Waals surface area contributed by atoms with Crippen molar-refractivity contribution in [3.8, 4) is 0 Å². The van der Waals surface area contributed by atoms with Crippen molar-refractivity contribution >= 4 is 39.7 Å². The van der Waals surface area contributed by atoms with Gasteiger partial charge in [-0.05, 0) is 43.5 Å². The normalized spacial score (nSPS) is 15.3. The molecule has 8 heteroatoms. The molecule has 0 spiro atoms. The van der Waals surface area contributed by atoms with Gasteiger partial charge in [0, 0.05) is 19.3 Å². The van der Waals surface area contributed by atoms with Gasteiger partial charge < -0.3 is 20.3 Å². The first kappa shape index (κ1) is 17.8. The maximum atomic E-state index is 12.3. The van der Waals surface area contributed by atoms with Crippen LogP contribution >= 0.6 is 11.6 Å². The molecule has 1 fully saturated rings. The van der Waals surface area contributed by atoms with E-state index in [1.165, 1.54) is 0 Å². The highest BCUT2D eigenvalue weighted by Gasteiger charge is 2.17. The Hall–Kier alpha value is -2.64. The van der Waals surface area contributed by atoms with E-state index in [1.54, 1.807) is 18.5 Å². The van der Waals surface area contributed by atoms with Crippen molar-refractivity contribution in [2.24, 2.45) is 0 Å². The fourth-order valence-electron chi connectivity index (χ4n) is 3.35. The van der Waals surface area contributed by atoms with Gasteiger partial charge in [0.05, 0.1) is 34.6 Å². The number of H-pyrrole nitrogens is 1. The van der Waals surface area contributed by atoms with E-state index >= 15 is 0 Å². The monoisotopic (exact) mass is 385 g/mol. The second-order valence-corrected chi connectivity index (χ2v) is 7.15. The van der Waals surface area contributed by atoms with Crippen LogP contribution in [0.25, 0.3) is 10.9 Å². The van der Waals surface area contributed by atoms with Crippen LogP contribution < -0.4 is 15.8 Å². The Morgan fingerprint density at radius 3 is 2.81 bits per heavy atom. The summed E-state index contributed by atoms with van der Waals surface area (Å²) >= 11 is 6.14. The molecule has 0 bridgehead atoms. The van der Waals surface area contributed by atoms with Crippen LogP contribution in [-0.4, -0.2) is 39.3 Å². The van der Waals surface area contributed by atoms with Gasteiger partial charge in [-0.15, -0.1) is 0 Å². The number of pyridine rings is 3. The largest absolute Gasteiger partial charge is 0.393 e. The van der Waals surface area contributed by atoms with Crippen LogP contribution in [0.3, 0.4) is 0 Å². The molecule has 0 saturated carbocycles. The smallest absolute Gasteiger partial charge is 0.259 e. The number of rotatable bonds is 3. The first-order chi connectivity index (χ1) is 13.0. The number of piperidine rings is 1. The topological polar surface area (TPSA) is 94.1 Å². The lowest BCUT2D eigenvalue weighted by atomic mass is 10.1. The number of anilines is 3. The van der Waals surface area contributed by atoms with E-state index < -0.39 is 0 Å². The molecule has 3 aromatic heterocycles. The molecule has 4 heterocycles. The molecule has 7 nitrogen and oxygen atoms in total. The Morgan fingerprint density at radius 2 is 2.11 bits per heavy atom. The van der Waals surface area contributed by atoms with Crippen LogP contribution in [0.15, 0.2) is 35.4 Å². The lowest BCUT2D eigenvalue weighted by molar-refractivity contribution is 0.145. The zero-order valence-corrected chi connectivity index (χ0v) is 15.6. The number of hydrogen-bond donors (Lipinski definition) is 3. The summed E-state index contributed by atoms with van der Waals surface area (Å²) in [7, 11) is 0. The second-order valence-electron chi connectivity index (χ2n) is 6.76. The Bertz CT molecular complexity index is 1030. The third kappa shape index (κ3) is 3.61. The third-order valence-corrected chi connectivity index (χ3v) is 5.04. The number of aryl methyl sites for hydroxylation is 1. The van der Waals surface area contributed by atoms with Gasteiger partial charge in [-0.2, -0.15) is 0 Å². The minimum atomic E-state index is -0.231. The number of aromatic amines is 1. The second kappa shape index (κ2) is 7.17. The summed E-state index contributed by atoms with van der Waals surface area (Å²) in [6.45, 7) is 3.50. The Morgan fingerprint density at radius 1 is 1.33 bits per heavy atom. The molecule has 140 valence electrons. The molecule has 0 unspecified atom stereocenters. The SMILES string of the molecule is Cc1c[nH]c(=O)c2c(Nc3ccc(N4CCC(O)CC4)cn3)cc(Cl)nc12. The van der Waals surface area contributed by atoms with Crippen LogP contribution in [0.2, 0.25) is 5.15 Å². The molecule has 4 rings (SSSR count). The van der Waals surface area contributed by atoms with Crippen molar-refractivity contribution in [1.29, 1.82) is 0 Å². The highest BCUT2D eigenvalue weighted by molar-refractivity contribution is 6.30. The number of halogens is 1. The van der Waals surface area contributed by atoms with Gasteiger partial charge in [-0.3, -0.25) is 4.79 Å². The quantitative estimate of drug-likeness (QED) is 0.600. The van der Waals surface area contributed by atoms with Crippen LogP contribution in [0.1, 0.15) is 18.4 Å². The van der Waals surface area contributed by atoms with Crippen LogP contribution in [0.4, 0.5) is 17.2 Å². The van der Waals surface area contributed by atoms with E-state index in [9.17, 15) is 9.90 Å². The molecule has 0 atom stereocenters. The van der Waals surface area contributed by atoms with Crippen LogP contribution in [-0.2, 0) is 0 Å². The minimum Gasteiger partial charge on any atom is -0.393 e. The summed E-state index contributed by atoms with van der Waals surface area (Å²) in [6, 6.07) is 5.47. The van der Waals surface area contributed by atoms with Crippen molar-refractivity contribution < 1.29 is 5.11 Å². The predicted octanol–water partition coefficient (Wildman–Crippen LogP) is 2.98. The summed E-state index contributed by atoms with van der Waals surface area (Å²) in [5.41, 5.74) is 2.75. The maximum absolute atomic E-state index is 12.3. The molecular weight excluding hydrogens is 366 g/mol. The Kier molecular flexibility index (Phi) is 4.72. The lowest BCUT2D eigenvalue weighted by Crippen LogP contribution is -2.35. The van der Waals surface area contributed by atoms with Gasteiger partial charge in [0.25, 0.3) is 5.56 Å². The number of fused-ring (bicyclic) bond motifs is 1. The number of nitrogens with zero attached hydrogens (tertiary/aromatic N) is 3. The molecule has 0 aliphatic carbocycles. The average molecular weight is 386 g/mol. The Labute approximate surface area is 161 Å². The van der Waals surface area contributed by atoms with Crippen molar-refractivity contribution in [2.45, 2.75) is 25.9 Å². The van der Waals surface area contributed by atoms with Gasteiger partial charge in [0.1, 0.15) is 11.0 Å². The summed E-state index contributed by atoms with van der Waals surface area (Å²) < 4.78 is 0. The van der Waals surface area contributed by atoms with Gasteiger partial charge in [0.2, 0.25) is 0 Å². The molecular formula is C19H20ClN5O2. The lowest BCUT2D eigenvalue weighted by Gasteiger charge is -2.31. The van der Waals surface area contributed by atoms with E-state index in [-0.39, 0.29) is 11.7 Å². The number of aromatic nitrogens is 3. The van der Waals surface area contributed by atoms with Gasteiger partial charge in [-0.25, -0.2) is 9.97 Å². The fraction of sp³-hybridized carbons (Fsp3) is 0.316. The van der Waals surface area contributed by atoms with Gasteiger partial charge in [0.15, 0.2) is 0 Å². The molecule has 27 heavy (non-hydrogen) atoms. The standard InChI is InChI=1S/C19H20ClN5O2/c1-11-9-22-19(27)17-14(8-15(20)24-18(11)17)23-16-3-2-12(10-21-16)25-6-4-13(26)5-7-25/h2-3,8-10,13,26H,4-7H2,1H3,(H,22,27)(H,21,23,24). The Balaban J connectivity index is 1.63. The van der Waals surface area contributed by atoms with Crippen molar-refractivity contribution in [3.63, 3.8) is 0 Å². The number of hydrogen-bond acceptors (Lipinski definition) is 6. The van der Waals surface area contributed by atoms with Crippen molar-refractivity contribution in [2.75, 3.05) is 23.3 Å². The van der Waals surface area contributed by atoms with E-state index in [4.69, 9.17) is 11.6 Å². The number of nitrogens with one attached hydrogen (secondary N) is 2. The summed E-state index contributed by atoms with van der Waals surface area (Å²) in [4.78, 5) is 26.0. The van der Waals surface area contributed by atoms with Crippen molar-refractivity contribution in [3.05, 3.63) is 51.7 Å². The summed E-state index contributed by atoms with van der Waals surface area (Å²) in [6.07, 6.45) is 4.75. The molecule has 3 aromatic rings. The summed E-state index contributed by atoms with van der Waals surface area (Å²) in [5.74, 6) is 0.611. The van der Waals surface area contributed by atoms with E-state index in [0.29, 0.717) is 27.6 Å². The molecule has 1 saturated heterocycles. The van der Waals surface area contributed by atoms with Gasteiger partial charge >= 0.3 is 0 Å². The fourth-order valence-corrected chi connectivity index (χ4v) is 3.54. The molecule has 0 amide bonds. The van der Waals surface area contributed by atoms with Gasteiger partial charge in [-0.1, -0.05) is 11.6 Å². The van der Waals surface area contributed by atoms with E-state index in [0.717, 1.165) is 37.2 Å². The van der Waals surface area contributed by atoms with Crippen LogP contribution in [0.5, 0.6) is 0 Å². The average Bonchev–Trinajstić information content (AvgIpc) is 2.66. The highest BCUT2D eigenvalue weighted by Crippen LogP contribution is 2.27. The minimum absolute atomic E-state index is 0.207. The zero-order valence-electron chi connectivity index (χ0n) is 14.9. The predicted molar refractivity (Wildman–Crippen MR) is 107 cm³/mol. The molecule has 0 radical (unpaired) electrons. The van der Waals surface area contributed by atoms with E-state index in [1.807, 2.05) is 19.1 Å². The first-order valence-corrected chi connectivity index (χ1v) is 9.23. The molecule has 1 aliphatic heterocycles. The molecule has 1 aliphatic rings. The molecule has 3 N–H and O–H groups in total. The highest BCUT2D eigenvalue weighted by atomic mass is 35.5. The molecule has 0 aromatic carbocycles. The van der Waals surface area contributed by atoms with Crippen molar-refractivity contribution in [1.82, 2.24) is 15.0 Å². The summed E-state index contributed by atoms with van der Waals surface area (Å²) in [5, 5.41) is 13.6. The van der Waals surface area contributed by atoms with Crippen LogP contribution in [0, 0.1) is 6.92 Å². The maximum Gasteiger partial charge on any atom is 0.259 e. The number of aliphatic hydroxyl groups is 1.